The topological polar surface area (TPSA) is 62.3 Å². The van der Waals surface area contributed by atoms with Crippen LogP contribution in [0.15, 0.2) is 48.8 Å². The summed E-state index contributed by atoms with van der Waals surface area (Å²) in [7, 11) is 0. The molecule has 1 N–H and O–H groups in total. The van der Waals surface area contributed by atoms with E-state index in [0.717, 1.165) is 42.5 Å². The van der Waals surface area contributed by atoms with E-state index in [-0.39, 0.29) is 23.8 Å². The van der Waals surface area contributed by atoms with Crippen molar-refractivity contribution in [1.29, 1.82) is 0 Å². The SMILES string of the molecule is CC(C)NC(=O)C1(Cc2ccccc2-c2ccncc2)CCCN(C(=O)C2CC2C)C1. The maximum absolute atomic E-state index is 13.5. The molecule has 2 amide bonds. The Morgan fingerprint density at radius 3 is 2.58 bits per heavy atom. The quantitative estimate of drug-likeness (QED) is 0.767. The number of likely N-dealkylation sites (tertiary alicyclic amines) is 1. The van der Waals surface area contributed by atoms with Crippen LogP contribution in [-0.4, -0.2) is 40.8 Å². The molecule has 31 heavy (non-hydrogen) atoms. The number of carbonyl (C=O) groups excluding carboxylic acids is 2. The highest BCUT2D eigenvalue weighted by Crippen LogP contribution is 2.42. The highest BCUT2D eigenvalue weighted by atomic mass is 16.2. The minimum Gasteiger partial charge on any atom is -0.353 e. The molecule has 1 saturated heterocycles. The highest BCUT2D eigenvalue weighted by Gasteiger charge is 2.48. The number of hydrogen-bond donors (Lipinski definition) is 1. The van der Waals surface area contributed by atoms with E-state index in [1.54, 1.807) is 12.4 Å². The predicted octanol–water partition coefficient (Wildman–Crippen LogP) is 4.08. The van der Waals surface area contributed by atoms with Crippen LogP contribution in [0.4, 0.5) is 0 Å². The van der Waals surface area contributed by atoms with Gasteiger partial charge in [0.15, 0.2) is 0 Å². The van der Waals surface area contributed by atoms with Crippen LogP contribution in [0.2, 0.25) is 0 Å². The molecular formula is C26H33N3O2. The van der Waals surface area contributed by atoms with Gasteiger partial charge >= 0.3 is 0 Å². The molecule has 3 atom stereocenters. The fourth-order valence-electron chi connectivity index (χ4n) is 4.90. The molecule has 1 aliphatic carbocycles. The fourth-order valence-corrected chi connectivity index (χ4v) is 4.90. The molecule has 1 saturated carbocycles. The van der Waals surface area contributed by atoms with Crippen molar-refractivity contribution in [3.63, 3.8) is 0 Å². The molecule has 0 bridgehead atoms. The largest absolute Gasteiger partial charge is 0.353 e. The fraction of sp³-hybridized carbons (Fsp3) is 0.500. The van der Waals surface area contributed by atoms with E-state index >= 15 is 0 Å². The van der Waals surface area contributed by atoms with Gasteiger partial charge in [-0.3, -0.25) is 14.6 Å². The van der Waals surface area contributed by atoms with Crippen LogP contribution in [0.25, 0.3) is 11.1 Å². The number of nitrogens with zero attached hydrogens (tertiary/aromatic N) is 2. The van der Waals surface area contributed by atoms with Gasteiger partial charge in [0.25, 0.3) is 0 Å². The van der Waals surface area contributed by atoms with Crippen molar-refractivity contribution in [1.82, 2.24) is 15.2 Å². The number of nitrogens with one attached hydrogen (secondary N) is 1. The van der Waals surface area contributed by atoms with Gasteiger partial charge in [-0.05, 0) is 74.3 Å². The number of carbonyl (C=O) groups is 2. The minimum atomic E-state index is -0.612. The minimum absolute atomic E-state index is 0.0633. The molecule has 5 heteroatoms. The molecular weight excluding hydrogens is 386 g/mol. The summed E-state index contributed by atoms with van der Waals surface area (Å²) in [5.74, 6) is 0.915. The van der Waals surface area contributed by atoms with Crippen molar-refractivity contribution < 1.29 is 9.59 Å². The molecule has 0 radical (unpaired) electrons. The van der Waals surface area contributed by atoms with Gasteiger partial charge in [0.05, 0.1) is 5.41 Å². The van der Waals surface area contributed by atoms with Gasteiger partial charge in [0, 0.05) is 37.4 Å². The van der Waals surface area contributed by atoms with E-state index in [4.69, 9.17) is 0 Å². The summed E-state index contributed by atoms with van der Waals surface area (Å²) in [6.45, 7) is 7.38. The Kier molecular flexibility index (Phi) is 6.12. The molecule has 1 aromatic carbocycles. The molecule has 1 aliphatic heterocycles. The Labute approximate surface area is 185 Å². The zero-order chi connectivity index (χ0) is 22.0. The van der Waals surface area contributed by atoms with E-state index < -0.39 is 5.41 Å². The normalized spacial score (nSPS) is 25.4. The molecule has 164 valence electrons. The lowest BCUT2D eigenvalue weighted by Gasteiger charge is -2.42. The second kappa shape index (κ2) is 8.81. The third-order valence-electron chi connectivity index (χ3n) is 6.75. The summed E-state index contributed by atoms with van der Waals surface area (Å²) in [6.07, 6.45) is 6.84. The first-order chi connectivity index (χ1) is 14.9. The number of piperidine rings is 1. The lowest BCUT2D eigenvalue weighted by Crippen LogP contribution is -2.55. The first-order valence-corrected chi connectivity index (χ1v) is 11.5. The summed E-state index contributed by atoms with van der Waals surface area (Å²) in [5.41, 5.74) is 2.75. The average Bonchev–Trinajstić information content (AvgIpc) is 3.50. The lowest BCUT2D eigenvalue weighted by atomic mass is 9.73. The highest BCUT2D eigenvalue weighted by molar-refractivity contribution is 5.87. The Balaban J connectivity index is 1.67. The number of hydrogen-bond acceptors (Lipinski definition) is 3. The van der Waals surface area contributed by atoms with Crippen LogP contribution in [0, 0.1) is 17.3 Å². The van der Waals surface area contributed by atoms with Crippen LogP contribution < -0.4 is 5.32 Å². The second-order valence-corrected chi connectivity index (χ2v) is 9.66. The molecule has 0 spiro atoms. The van der Waals surface area contributed by atoms with Crippen molar-refractivity contribution >= 4 is 11.8 Å². The number of pyridine rings is 1. The van der Waals surface area contributed by atoms with Gasteiger partial charge in [-0.25, -0.2) is 0 Å². The lowest BCUT2D eigenvalue weighted by molar-refractivity contribution is -0.142. The van der Waals surface area contributed by atoms with Crippen LogP contribution in [0.1, 0.15) is 45.6 Å². The third kappa shape index (κ3) is 4.65. The van der Waals surface area contributed by atoms with Crippen molar-refractivity contribution in [3.8, 4) is 11.1 Å². The number of aromatic nitrogens is 1. The molecule has 2 fully saturated rings. The molecule has 4 rings (SSSR count). The van der Waals surface area contributed by atoms with E-state index in [2.05, 4.69) is 29.4 Å². The zero-order valence-electron chi connectivity index (χ0n) is 18.8. The summed E-state index contributed by atoms with van der Waals surface area (Å²) in [5, 5.41) is 3.16. The summed E-state index contributed by atoms with van der Waals surface area (Å²) in [4.78, 5) is 32.7. The Morgan fingerprint density at radius 1 is 1.19 bits per heavy atom. The smallest absolute Gasteiger partial charge is 0.228 e. The number of amides is 2. The van der Waals surface area contributed by atoms with E-state index in [9.17, 15) is 9.59 Å². The molecule has 5 nitrogen and oxygen atoms in total. The molecule has 2 aromatic rings. The van der Waals surface area contributed by atoms with Gasteiger partial charge in [0.1, 0.15) is 0 Å². The van der Waals surface area contributed by atoms with Crippen LogP contribution in [0.5, 0.6) is 0 Å². The van der Waals surface area contributed by atoms with Gasteiger partial charge in [-0.1, -0.05) is 31.2 Å². The van der Waals surface area contributed by atoms with Crippen molar-refractivity contribution in [2.75, 3.05) is 13.1 Å². The molecule has 2 heterocycles. The predicted molar refractivity (Wildman–Crippen MR) is 122 cm³/mol. The van der Waals surface area contributed by atoms with Crippen molar-refractivity contribution in [3.05, 3.63) is 54.4 Å². The summed E-state index contributed by atoms with van der Waals surface area (Å²) >= 11 is 0. The maximum atomic E-state index is 13.5. The van der Waals surface area contributed by atoms with Crippen LogP contribution in [0.3, 0.4) is 0 Å². The summed E-state index contributed by atoms with van der Waals surface area (Å²) in [6, 6.07) is 12.4. The Hall–Kier alpha value is -2.69. The second-order valence-electron chi connectivity index (χ2n) is 9.66. The maximum Gasteiger partial charge on any atom is 0.228 e. The Bertz CT molecular complexity index is 943. The summed E-state index contributed by atoms with van der Waals surface area (Å²) < 4.78 is 0. The first-order valence-electron chi connectivity index (χ1n) is 11.5. The molecule has 3 unspecified atom stereocenters. The standard InChI is InChI=1S/C26H33N3O2/c1-18(2)28-25(31)26(11-6-14-29(17-26)24(30)23-15-19(23)3)16-21-7-4-5-8-22(21)20-9-12-27-13-10-20/h4-5,7-10,12-13,18-19,23H,6,11,14-17H2,1-3H3,(H,28,31). The van der Waals surface area contributed by atoms with Gasteiger partial charge in [-0.15, -0.1) is 0 Å². The Morgan fingerprint density at radius 2 is 1.90 bits per heavy atom. The van der Waals surface area contributed by atoms with Gasteiger partial charge in [0.2, 0.25) is 11.8 Å². The molecule has 2 aliphatic rings. The van der Waals surface area contributed by atoms with Crippen molar-refractivity contribution in [2.24, 2.45) is 17.3 Å². The van der Waals surface area contributed by atoms with Crippen molar-refractivity contribution in [2.45, 2.75) is 52.5 Å². The van der Waals surface area contributed by atoms with E-state index in [1.807, 2.05) is 43.0 Å². The van der Waals surface area contributed by atoms with Gasteiger partial charge in [-0.2, -0.15) is 0 Å². The monoisotopic (exact) mass is 419 g/mol. The average molecular weight is 420 g/mol. The number of rotatable bonds is 6. The number of benzene rings is 1. The third-order valence-corrected chi connectivity index (χ3v) is 6.75. The van der Waals surface area contributed by atoms with Crippen LogP contribution >= 0.6 is 0 Å². The first kappa shape index (κ1) is 21.5. The van der Waals surface area contributed by atoms with E-state index in [1.165, 1.54) is 0 Å². The van der Waals surface area contributed by atoms with Crippen LogP contribution in [-0.2, 0) is 16.0 Å². The van der Waals surface area contributed by atoms with Gasteiger partial charge < -0.3 is 10.2 Å². The van der Waals surface area contributed by atoms with E-state index in [0.29, 0.717) is 18.9 Å². The molecule has 1 aromatic heterocycles. The zero-order valence-corrected chi connectivity index (χ0v) is 18.8.